The number of rotatable bonds is 3. The standard InChI is InChI=1S/C17H15NO6/c1-20-13-4-9-10-5-15-16(24-8-23-15)7-12(10)18(22-3)17(19)11(9)6-14(13)21-2/h4-7H,8H2,1-3H3. The maximum atomic E-state index is 12.8. The van der Waals surface area contributed by atoms with Gasteiger partial charge in [-0.05, 0) is 18.2 Å². The van der Waals surface area contributed by atoms with Crippen molar-refractivity contribution < 1.29 is 23.8 Å². The van der Waals surface area contributed by atoms with Gasteiger partial charge in [0.15, 0.2) is 23.0 Å². The average molecular weight is 329 g/mol. The average Bonchev–Trinajstić information content (AvgIpc) is 3.07. The molecule has 0 saturated carbocycles. The molecular formula is C17H15NO6. The van der Waals surface area contributed by atoms with Crippen LogP contribution in [0.1, 0.15) is 0 Å². The molecule has 24 heavy (non-hydrogen) atoms. The molecule has 1 aliphatic heterocycles. The predicted octanol–water partition coefficient (Wildman–Crippen LogP) is 1.96. The van der Waals surface area contributed by atoms with Gasteiger partial charge in [-0.2, -0.15) is 0 Å². The lowest BCUT2D eigenvalue weighted by atomic mass is 10.0. The van der Waals surface area contributed by atoms with E-state index in [4.69, 9.17) is 23.8 Å². The number of methoxy groups -OCH3 is 2. The van der Waals surface area contributed by atoms with Crippen LogP contribution in [0.15, 0.2) is 29.1 Å². The Morgan fingerprint density at radius 1 is 0.875 bits per heavy atom. The third-order valence-corrected chi connectivity index (χ3v) is 4.12. The molecule has 0 N–H and O–H groups in total. The summed E-state index contributed by atoms with van der Waals surface area (Å²) in [4.78, 5) is 18.1. The first-order valence-electron chi connectivity index (χ1n) is 7.26. The van der Waals surface area contributed by atoms with Gasteiger partial charge in [0, 0.05) is 16.8 Å². The predicted molar refractivity (Wildman–Crippen MR) is 87.4 cm³/mol. The molecule has 0 saturated heterocycles. The molecule has 0 unspecified atom stereocenters. The molecule has 0 spiro atoms. The fraction of sp³-hybridized carbons (Fsp3) is 0.235. The summed E-state index contributed by atoms with van der Waals surface area (Å²) >= 11 is 0. The van der Waals surface area contributed by atoms with E-state index in [1.54, 1.807) is 25.3 Å². The number of nitrogens with zero attached hydrogens (tertiary/aromatic N) is 1. The second kappa shape index (κ2) is 5.23. The number of fused-ring (bicyclic) bond motifs is 4. The van der Waals surface area contributed by atoms with Gasteiger partial charge in [0.05, 0.1) is 25.1 Å². The Bertz CT molecular complexity index is 1020. The number of ether oxygens (including phenoxy) is 4. The summed E-state index contributed by atoms with van der Waals surface area (Å²) in [5, 5.41) is 1.97. The molecule has 2 heterocycles. The van der Waals surface area contributed by atoms with Crippen molar-refractivity contribution in [2.24, 2.45) is 0 Å². The van der Waals surface area contributed by atoms with E-state index >= 15 is 0 Å². The zero-order valence-corrected chi connectivity index (χ0v) is 13.4. The van der Waals surface area contributed by atoms with Gasteiger partial charge >= 0.3 is 0 Å². The summed E-state index contributed by atoms with van der Waals surface area (Å²) in [5.41, 5.74) is 0.297. The van der Waals surface area contributed by atoms with Crippen molar-refractivity contribution in [1.29, 1.82) is 0 Å². The van der Waals surface area contributed by atoms with Crippen LogP contribution in [0, 0.1) is 0 Å². The normalized spacial score (nSPS) is 12.6. The monoisotopic (exact) mass is 329 g/mol. The zero-order chi connectivity index (χ0) is 16.8. The van der Waals surface area contributed by atoms with Gasteiger partial charge in [0.1, 0.15) is 7.11 Å². The Morgan fingerprint density at radius 3 is 2.12 bits per heavy atom. The van der Waals surface area contributed by atoms with Crippen molar-refractivity contribution in [1.82, 2.24) is 4.73 Å². The highest BCUT2D eigenvalue weighted by Crippen LogP contribution is 2.40. The van der Waals surface area contributed by atoms with Crippen LogP contribution in [0.25, 0.3) is 21.7 Å². The van der Waals surface area contributed by atoms with E-state index in [2.05, 4.69) is 0 Å². The van der Waals surface area contributed by atoms with Gasteiger partial charge in [-0.15, -0.1) is 4.73 Å². The molecule has 7 nitrogen and oxygen atoms in total. The van der Waals surface area contributed by atoms with Crippen LogP contribution in [0.5, 0.6) is 23.0 Å². The lowest BCUT2D eigenvalue weighted by molar-refractivity contribution is 0.169. The molecule has 1 aliphatic rings. The second-order valence-corrected chi connectivity index (χ2v) is 5.26. The van der Waals surface area contributed by atoms with Gasteiger partial charge in [-0.1, -0.05) is 0 Å². The van der Waals surface area contributed by atoms with Crippen molar-refractivity contribution in [3.05, 3.63) is 34.6 Å². The van der Waals surface area contributed by atoms with Crippen LogP contribution < -0.4 is 29.3 Å². The van der Waals surface area contributed by atoms with Crippen LogP contribution in [-0.4, -0.2) is 32.9 Å². The van der Waals surface area contributed by atoms with E-state index in [1.165, 1.54) is 19.0 Å². The topological polar surface area (TPSA) is 68.2 Å². The lowest BCUT2D eigenvalue weighted by Crippen LogP contribution is -2.25. The van der Waals surface area contributed by atoms with Gasteiger partial charge < -0.3 is 23.8 Å². The van der Waals surface area contributed by atoms with Gasteiger partial charge in [-0.25, -0.2) is 0 Å². The highest BCUT2D eigenvalue weighted by Gasteiger charge is 2.20. The third-order valence-electron chi connectivity index (χ3n) is 4.12. The van der Waals surface area contributed by atoms with Crippen LogP contribution in [0.2, 0.25) is 0 Å². The van der Waals surface area contributed by atoms with Crippen molar-refractivity contribution in [3.8, 4) is 23.0 Å². The number of benzene rings is 2. The van der Waals surface area contributed by atoms with E-state index in [0.29, 0.717) is 33.9 Å². The molecule has 7 heteroatoms. The molecule has 0 bridgehead atoms. The van der Waals surface area contributed by atoms with Crippen LogP contribution in [-0.2, 0) is 0 Å². The maximum absolute atomic E-state index is 12.8. The van der Waals surface area contributed by atoms with Crippen molar-refractivity contribution in [2.45, 2.75) is 0 Å². The number of pyridine rings is 1. The Labute approximate surface area is 136 Å². The summed E-state index contributed by atoms with van der Waals surface area (Å²) in [6, 6.07) is 7.00. The van der Waals surface area contributed by atoms with Crippen LogP contribution >= 0.6 is 0 Å². The molecule has 0 amide bonds. The van der Waals surface area contributed by atoms with Crippen molar-refractivity contribution >= 4 is 21.7 Å². The van der Waals surface area contributed by atoms with E-state index in [9.17, 15) is 4.79 Å². The van der Waals surface area contributed by atoms with Gasteiger partial charge in [0.2, 0.25) is 6.79 Å². The molecule has 2 aromatic carbocycles. The molecule has 3 aromatic rings. The van der Waals surface area contributed by atoms with Crippen molar-refractivity contribution in [3.63, 3.8) is 0 Å². The van der Waals surface area contributed by atoms with Crippen LogP contribution in [0.3, 0.4) is 0 Å². The SMILES string of the molecule is COc1cc2c(=O)n(OC)c3cc4c(cc3c2cc1OC)OCO4. The molecular weight excluding hydrogens is 314 g/mol. The smallest absolute Gasteiger partial charge is 0.291 e. The van der Waals surface area contributed by atoms with Crippen molar-refractivity contribution in [2.75, 3.05) is 28.1 Å². The molecule has 0 atom stereocenters. The Hall–Kier alpha value is -3.09. The van der Waals surface area contributed by atoms with Gasteiger partial charge in [-0.3, -0.25) is 4.79 Å². The van der Waals surface area contributed by atoms with Gasteiger partial charge in [0.25, 0.3) is 5.56 Å². The Morgan fingerprint density at radius 2 is 1.50 bits per heavy atom. The highest BCUT2D eigenvalue weighted by atomic mass is 16.7. The van der Waals surface area contributed by atoms with E-state index in [-0.39, 0.29) is 12.4 Å². The molecule has 0 aliphatic carbocycles. The number of hydrogen-bond donors (Lipinski definition) is 0. The second-order valence-electron chi connectivity index (χ2n) is 5.26. The first-order valence-corrected chi connectivity index (χ1v) is 7.26. The lowest BCUT2D eigenvalue weighted by Gasteiger charge is -2.14. The number of aromatic nitrogens is 1. The largest absolute Gasteiger partial charge is 0.493 e. The Kier molecular flexibility index (Phi) is 3.16. The first-order chi connectivity index (χ1) is 11.7. The minimum atomic E-state index is -0.292. The fourth-order valence-electron chi connectivity index (χ4n) is 2.99. The summed E-state index contributed by atoms with van der Waals surface area (Å²) in [7, 11) is 4.52. The number of hydrogen-bond acceptors (Lipinski definition) is 6. The quantitative estimate of drug-likeness (QED) is 0.684. The van der Waals surface area contributed by atoms with Crippen LogP contribution in [0.4, 0.5) is 0 Å². The summed E-state index contributed by atoms with van der Waals surface area (Å²) < 4.78 is 22.7. The summed E-state index contributed by atoms with van der Waals surface area (Å²) in [6.07, 6.45) is 0. The minimum absolute atomic E-state index is 0.151. The Balaban J connectivity index is 2.21. The summed E-state index contributed by atoms with van der Waals surface area (Å²) in [6.45, 7) is 0.151. The molecule has 0 fully saturated rings. The maximum Gasteiger partial charge on any atom is 0.291 e. The molecule has 0 radical (unpaired) electrons. The zero-order valence-electron chi connectivity index (χ0n) is 13.4. The highest BCUT2D eigenvalue weighted by molar-refractivity contribution is 6.07. The van der Waals surface area contributed by atoms with E-state index in [1.807, 2.05) is 6.07 Å². The molecule has 124 valence electrons. The van der Waals surface area contributed by atoms with E-state index in [0.717, 1.165) is 10.8 Å². The fourth-order valence-corrected chi connectivity index (χ4v) is 2.99. The minimum Gasteiger partial charge on any atom is -0.493 e. The van der Waals surface area contributed by atoms with E-state index < -0.39 is 0 Å². The third kappa shape index (κ3) is 1.87. The molecule has 4 rings (SSSR count). The first kappa shape index (κ1) is 14.5. The summed E-state index contributed by atoms with van der Waals surface area (Å²) in [5.74, 6) is 2.22. The molecule has 1 aromatic heterocycles.